The Morgan fingerprint density at radius 2 is 1.79 bits per heavy atom. The fraction of sp³-hybridized carbons (Fsp3) is 0.474. The molecule has 1 fully saturated rings. The van der Waals surface area contributed by atoms with Crippen LogP contribution in [0.25, 0.3) is 11.2 Å². The lowest BCUT2D eigenvalue weighted by molar-refractivity contribution is 0.0572. The molecule has 2 unspecified atom stereocenters. The number of aromatic nitrogens is 5. The number of anilines is 1. The first-order valence-electron chi connectivity index (χ1n) is 9.20. The smallest absolute Gasteiger partial charge is 0.184 e. The van der Waals surface area contributed by atoms with Gasteiger partial charge < -0.3 is 15.1 Å². The summed E-state index contributed by atoms with van der Waals surface area (Å²) in [6, 6.07) is 7.58. The lowest BCUT2D eigenvalue weighted by Gasteiger charge is -2.21. The summed E-state index contributed by atoms with van der Waals surface area (Å²) in [6.45, 7) is 7.11. The number of hydrogen-bond donors (Lipinski definition) is 2. The third-order valence-corrected chi connectivity index (χ3v) is 5.22. The fourth-order valence-corrected chi connectivity index (χ4v) is 3.43. The van der Waals surface area contributed by atoms with Crippen molar-refractivity contribution in [3.63, 3.8) is 0 Å². The van der Waals surface area contributed by atoms with Crippen LogP contribution in [-0.2, 0) is 12.0 Å². The highest BCUT2D eigenvalue weighted by atomic mass is 35.5. The van der Waals surface area contributed by atoms with Crippen LogP contribution in [0.4, 0.5) is 5.82 Å². The number of aliphatic hydroxyl groups is 2. The maximum Gasteiger partial charge on any atom is 0.184 e. The summed E-state index contributed by atoms with van der Waals surface area (Å²) in [5.74, 6) is 1.23. The highest BCUT2D eigenvalue weighted by Crippen LogP contribution is 2.30. The van der Waals surface area contributed by atoms with Crippen LogP contribution in [0.1, 0.15) is 32.2 Å². The van der Waals surface area contributed by atoms with E-state index in [9.17, 15) is 10.2 Å². The lowest BCUT2D eigenvalue weighted by Crippen LogP contribution is -2.25. The van der Waals surface area contributed by atoms with Crippen molar-refractivity contribution in [2.75, 3.05) is 18.0 Å². The minimum atomic E-state index is -0.818. The van der Waals surface area contributed by atoms with Gasteiger partial charge in [-0.15, -0.1) is 5.10 Å². The predicted molar refractivity (Wildman–Crippen MR) is 107 cm³/mol. The summed E-state index contributed by atoms with van der Waals surface area (Å²) in [4.78, 5) is 11.3. The van der Waals surface area contributed by atoms with Crippen molar-refractivity contribution in [2.45, 2.75) is 44.9 Å². The van der Waals surface area contributed by atoms with E-state index >= 15 is 0 Å². The van der Waals surface area contributed by atoms with Gasteiger partial charge in [-0.3, -0.25) is 0 Å². The average molecular weight is 403 g/mol. The maximum atomic E-state index is 9.97. The van der Waals surface area contributed by atoms with Gasteiger partial charge in [-0.1, -0.05) is 55.8 Å². The second-order valence-corrected chi connectivity index (χ2v) is 8.58. The maximum absolute atomic E-state index is 9.97. The highest BCUT2D eigenvalue weighted by Gasteiger charge is 2.33. The predicted octanol–water partition coefficient (Wildman–Crippen LogP) is 1.76. The van der Waals surface area contributed by atoms with E-state index in [4.69, 9.17) is 21.6 Å². The molecule has 0 aliphatic carbocycles. The molecule has 3 aromatic rings. The first-order valence-corrected chi connectivity index (χ1v) is 9.58. The summed E-state index contributed by atoms with van der Waals surface area (Å²) < 4.78 is 1.71. The third kappa shape index (κ3) is 3.43. The molecule has 0 bridgehead atoms. The normalized spacial score (nSPS) is 20.3. The summed E-state index contributed by atoms with van der Waals surface area (Å²) >= 11 is 6.31. The van der Waals surface area contributed by atoms with Gasteiger partial charge in [0.1, 0.15) is 5.82 Å². The number of benzene rings is 1. The standard InChI is InChI=1S/C19H23ClN6O2/c1-19(2,3)18-21-16(25-9-13(27)14(28)10-25)15-17(22-18)26(24-23-15)8-11-6-4-5-7-12(11)20/h4-7,13-14,27-28H,8-10H2,1-3H3. The molecule has 1 aliphatic rings. The minimum absolute atomic E-state index is 0.286. The van der Waals surface area contributed by atoms with Crippen LogP contribution in [0.15, 0.2) is 24.3 Å². The molecule has 1 aromatic carbocycles. The summed E-state index contributed by atoms with van der Waals surface area (Å²) in [7, 11) is 0. The SMILES string of the molecule is CC(C)(C)c1nc(N2CC(O)C(O)C2)c2nnn(Cc3ccccc3Cl)c2n1. The molecule has 2 aromatic heterocycles. The van der Waals surface area contributed by atoms with Crippen LogP contribution in [-0.4, -0.2) is 60.5 Å². The molecule has 148 valence electrons. The minimum Gasteiger partial charge on any atom is -0.389 e. The number of rotatable bonds is 3. The van der Waals surface area contributed by atoms with Gasteiger partial charge in [0, 0.05) is 23.5 Å². The molecule has 0 radical (unpaired) electrons. The van der Waals surface area contributed by atoms with Crippen LogP contribution >= 0.6 is 11.6 Å². The molecule has 0 saturated carbocycles. The first-order chi connectivity index (χ1) is 13.2. The topological polar surface area (TPSA) is 100 Å². The Morgan fingerprint density at radius 3 is 2.43 bits per heavy atom. The van der Waals surface area contributed by atoms with E-state index in [2.05, 4.69) is 10.3 Å². The molecule has 4 rings (SSSR count). The molecule has 28 heavy (non-hydrogen) atoms. The van der Waals surface area contributed by atoms with Crippen LogP contribution in [0, 0.1) is 0 Å². The van der Waals surface area contributed by atoms with Gasteiger partial charge in [-0.05, 0) is 11.6 Å². The number of hydrogen-bond acceptors (Lipinski definition) is 7. The molecular weight excluding hydrogens is 380 g/mol. The summed E-state index contributed by atoms with van der Waals surface area (Å²) in [6.07, 6.45) is -1.64. The number of fused-ring (bicyclic) bond motifs is 1. The van der Waals surface area contributed by atoms with Crippen molar-refractivity contribution in [3.8, 4) is 0 Å². The van der Waals surface area contributed by atoms with Gasteiger partial charge in [0.15, 0.2) is 17.0 Å². The molecule has 2 N–H and O–H groups in total. The van der Waals surface area contributed by atoms with Crippen molar-refractivity contribution in [1.29, 1.82) is 0 Å². The third-order valence-electron chi connectivity index (χ3n) is 4.85. The second-order valence-electron chi connectivity index (χ2n) is 8.17. The molecular formula is C19H23ClN6O2. The summed E-state index contributed by atoms with van der Waals surface area (Å²) in [5.41, 5.74) is 1.77. The Hall–Kier alpha value is -2.29. The van der Waals surface area contributed by atoms with Crippen molar-refractivity contribution in [2.24, 2.45) is 0 Å². The van der Waals surface area contributed by atoms with Gasteiger partial charge in [-0.2, -0.15) is 0 Å². The van der Waals surface area contributed by atoms with E-state index in [1.807, 2.05) is 49.9 Å². The van der Waals surface area contributed by atoms with Crippen LogP contribution in [0.5, 0.6) is 0 Å². The fourth-order valence-electron chi connectivity index (χ4n) is 3.23. The number of aliphatic hydroxyl groups excluding tert-OH is 2. The average Bonchev–Trinajstić information content (AvgIpc) is 3.19. The van der Waals surface area contributed by atoms with Crippen LogP contribution < -0.4 is 4.90 Å². The van der Waals surface area contributed by atoms with Gasteiger partial charge in [-0.25, -0.2) is 14.6 Å². The molecule has 0 amide bonds. The molecule has 1 aliphatic heterocycles. The Kier molecular flexibility index (Phi) is 4.73. The van der Waals surface area contributed by atoms with E-state index in [0.29, 0.717) is 34.4 Å². The Balaban J connectivity index is 1.83. The monoisotopic (exact) mass is 402 g/mol. The van der Waals surface area contributed by atoms with E-state index in [1.54, 1.807) is 4.68 Å². The lowest BCUT2D eigenvalue weighted by atomic mass is 9.96. The van der Waals surface area contributed by atoms with Crippen molar-refractivity contribution in [3.05, 3.63) is 40.7 Å². The van der Waals surface area contributed by atoms with Crippen molar-refractivity contribution >= 4 is 28.6 Å². The van der Waals surface area contributed by atoms with Gasteiger partial charge >= 0.3 is 0 Å². The van der Waals surface area contributed by atoms with Crippen molar-refractivity contribution in [1.82, 2.24) is 25.0 Å². The molecule has 9 heteroatoms. The molecule has 0 spiro atoms. The number of β-amino-alcohol motifs (C(OH)–C–C–N with tert-alkyl or cyclic N) is 2. The van der Waals surface area contributed by atoms with E-state index < -0.39 is 12.2 Å². The molecule has 3 heterocycles. The van der Waals surface area contributed by atoms with E-state index in [-0.39, 0.29) is 18.5 Å². The Morgan fingerprint density at radius 1 is 1.11 bits per heavy atom. The highest BCUT2D eigenvalue weighted by molar-refractivity contribution is 6.31. The summed E-state index contributed by atoms with van der Waals surface area (Å²) in [5, 5.41) is 29.2. The van der Waals surface area contributed by atoms with Crippen LogP contribution in [0.2, 0.25) is 5.02 Å². The number of nitrogens with zero attached hydrogens (tertiary/aromatic N) is 6. The van der Waals surface area contributed by atoms with Gasteiger partial charge in [0.25, 0.3) is 0 Å². The first kappa shape index (κ1) is 19.0. The number of halogens is 1. The van der Waals surface area contributed by atoms with E-state index in [0.717, 1.165) is 5.56 Å². The zero-order valence-electron chi connectivity index (χ0n) is 16.0. The largest absolute Gasteiger partial charge is 0.389 e. The zero-order valence-corrected chi connectivity index (χ0v) is 16.8. The molecule has 1 saturated heterocycles. The molecule has 2 atom stereocenters. The van der Waals surface area contributed by atoms with Gasteiger partial charge in [0.2, 0.25) is 0 Å². The van der Waals surface area contributed by atoms with E-state index in [1.165, 1.54) is 0 Å². The molecule has 8 nitrogen and oxygen atoms in total. The Labute approximate surface area is 167 Å². The van der Waals surface area contributed by atoms with Crippen LogP contribution in [0.3, 0.4) is 0 Å². The quantitative estimate of drug-likeness (QED) is 0.688. The Bertz CT molecular complexity index is 1010. The van der Waals surface area contributed by atoms with Crippen molar-refractivity contribution < 1.29 is 10.2 Å². The zero-order chi connectivity index (χ0) is 20.1. The second kappa shape index (κ2) is 6.95. The van der Waals surface area contributed by atoms with Gasteiger partial charge in [0.05, 0.1) is 18.8 Å².